The summed E-state index contributed by atoms with van der Waals surface area (Å²) in [5.74, 6) is 5.41. The summed E-state index contributed by atoms with van der Waals surface area (Å²) in [7, 11) is 0. The predicted octanol–water partition coefficient (Wildman–Crippen LogP) is 2.73. The van der Waals surface area contributed by atoms with Gasteiger partial charge in [-0.2, -0.15) is 0 Å². The molecule has 0 atom stereocenters. The summed E-state index contributed by atoms with van der Waals surface area (Å²) in [4.78, 5) is 12.3. The summed E-state index contributed by atoms with van der Waals surface area (Å²) in [6, 6.07) is 5.52. The van der Waals surface area contributed by atoms with Crippen LogP contribution in [-0.4, -0.2) is 11.4 Å². The van der Waals surface area contributed by atoms with Gasteiger partial charge in [0.1, 0.15) is 0 Å². The molecule has 0 saturated heterocycles. The predicted molar refractivity (Wildman–Crippen MR) is 77.9 cm³/mol. The molecule has 0 aliphatic heterocycles. The van der Waals surface area contributed by atoms with E-state index < -0.39 is 0 Å². The van der Waals surface area contributed by atoms with Gasteiger partial charge in [0.05, 0.1) is 5.69 Å². The number of amides is 1. The summed E-state index contributed by atoms with van der Waals surface area (Å²) in [6.07, 6.45) is 5.82. The molecule has 4 heteroatoms. The Labute approximate surface area is 114 Å². The summed E-state index contributed by atoms with van der Waals surface area (Å²) < 4.78 is 0. The highest BCUT2D eigenvalue weighted by Crippen LogP contribution is 2.28. The average Bonchev–Trinajstić information content (AvgIpc) is 2.39. The van der Waals surface area contributed by atoms with Gasteiger partial charge in [-0.3, -0.25) is 10.6 Å². The number of aryl methyl sites for hydroxylation is 1. The third kappa shape index (κ3) is 3.26. The van der Waals surface area contributed by atoms with E-state index >= 15 is 0 Å². The normalized spacial score (nSPS) is 17.8. The van der Waals surface area contributed by atoms with E-state index in [9.17, 15) is 4.79 Å². The van der Waals surface area contributed by atoms with Gasteiger partial charge in [-0.15, -0.1) is 0 Å². The fourth-order valence-corrected chi connectivity index (χ4v) is 2.77. The van der Waals surface area contributed by atoms with Crippen LogP contribution in [0.2, 0.25) is 0 Å². The average molecular weight is 261 g/mol. The second-order valence-corrected chi connectivity index (χ2v) is 5.75. The van der Waals surface area contributed by atoms with E-state index in [1.54, 1.807) is 0 Å². The van der Waals surface area contributed by atoms with Crippen molar-refractivity contribution in [1.82, 2.24) is 5.32 Å². The molecule has 2 rings (SSSR count). The second kappa shape index (κ2) is 5.61. The first kappa shape index (κ1) is 13.9. The molecule has 4 nitrogen and oxygen atoms in total. The summed E-state index contributed by atoms with van der Waals surface area (Å²) in [5, 5.41) is 3.19. The molecular formula is C15H23N3O. The van der Waals surface area contributed by atoms with Gasteiger partial charge in [-0.1, -0.05) is 19.3 Å². The van der Waals surface area contributed by atoms with Crippen molar-refractivity contribution in [2.24, 2.45) is 5.84 Å². The number of hydrogen-bond acceptors (Lipinski definition) is 3. The molecule has 19 heavy (non-hydrogen) atoms. The Morgan fingerprint density at radius 2 is 1.95 bits per heavy atom. The molecule has 1 saturated carbocycles. The number of carbonyl (C=O) groups is 1. The van der Waals surface area contributed by atoms with Crippen LogP contribution in [0.4, 0.5) is 5.69 Å². The van der Waals surface area contributed by atoms with Gasteiger partial charge in [0.2, 0.25) is 0 Å². The molecule has 104 valence electrons. The van der Waals surface area contributed by atoms with Crippen molar-refractivity contribution in [1.29, 1.82) is 0 Å². The zero-order valence-corrected chi connectivity index (χ0v) is 11.8. The number of hydrazine groups is 1. The monoisotopic (exact) mass is 261 g/mol. The van der Waals surface area contributed by atoms with Gasteiger partial charge in [0.15, 0.2) is 0 Å². The highest BCUT2D eigenvalue weighted by molar-refractivity contribution is 5.95. The van der Waals surface area contributed by atoms with Crippen LogP contribution in [0.5, 0.6) is 0 Å². The lowest BCUT2D eigenvalue weighted by atomic mass is 9.83. The zero-order chi connectivity index (χ0) is 13.9. The molecular weight excluding hydrogens is 238 g/mol. The number of benzene rings is 1. The Hall–Kier alpha value is -1.55. The largest absolute Gasteiger partial charge is 0.347 e. The number of anilines is 1. The minimum atomic E-state index is -0.0476. The fraction of sp³-hybridized carbons (Fsp3) is 0.533. The number of nitrogens with two attached hydrogens (primary N) is 1. The van der Waals surface area contributed by atoms with Crippen molar-refractivity contribution in [3.8, 4) is 0 Å². The van der Waals surface area contributed by atoms with Crippen LogP contribution in [0.3, 0.4) is 0 Å². The summed E-state index contributed by atoms with van der Waals surface area (Å²) >= 11 is 0. The van der Waals surface area contributed by atoms with E-state index in [0.717, 1.165) is 24.1 Å². The molecule has 0 spiro atoms. The lowest BCUT2D eigenvalue weighted by molar-refractivity contribution is 0.0882. The maximum atomic E-state index is 12.3. The van der Waals surface area contributed by atoms with Crippen LogP contribution < -0.4 is 16.6 Å². The van der Waals surface area contributed by atoms with Gasteiger partial charge >= 0.3 is 0 Å². The highest BCUT2D eigenvalue weighted by Gasteiger charge is 2.28. The number of nitrogens with one attached hydrogen (secondary N) is 2. The Bertz CT molecular complexity index is 464. The van der Waals surface area contributed by atoms with Crippen LogP contribution >= 0.6 is 0 Å². The maximum Gasteiger partial charge on any atom is 0.251 e. The van der Waals surface area contributed by atoms with Gasteiger partial charge < -0.3 is 10.7 Å². The summed E-state index contributed by atoms with van der Waals surface area (Å²) in [6.45, 7) is 4.08. The third-order valence-electron chi connectivity index (χ3n) is 4.02. The number of rotatable bonds is 3. The fourth-order valence-electron chi connectivity index (χ4n) is 2.77. The molecule has 0 bridgehead atoms. The molecule has 0 unspecified atom stereocenters. The molecule has 1 fully saturated rings. The highest BCUT2D eigenvalue weighted by atomic mass is 16.1. The van der Waals surface area contributed by atoms with Crippen LogP contribution in [0.15, 0.2) is 18.2 Å². The molecule has 1 aromatic carbocycles. The third-order valence-corrected chi connectivity index (χ3v) is 4.02. The van der Waals surface area contributed by atoms with Crippen LogP contribution in [0, 0.1) is 6.92 Å². The number of nitrogen functional groups attached to an aromatic ring is 1. The standard InChI is InChI=1S/C15H23N3O/c1-11-10-12(6-7-13(11)18-16)14(19)17-15(2)8-4-3-5-9-15/h6-7,10,18H,3-5,8-9,16H2,1-2H3,(H,17,19). The Morgan fingerprint density at radius 3 is 2.53 bits per heavy atom. The SMILES string of the molecule is Cc1cc(C(=O)NC2(C)CCCCC2)ccc1NN. The Morgan fingerprint density at radius 1 is 1.26 bits per heavy atom. The molecule has 0 radical (unpaired) electrons. The molecule has 1 aliphatic carbocycles. The first-order chi connectivity index (χ1) is 9.04. The van der Waals surface area contributed by atoms with Gasteiger partial charge in [0.25, 0.3) is 5.91 Å². The van der Waals surface area contributed by atoms with Gasteiger partial charge in [0, 0.05) is 11.1 Å². The van der Waals surface area contributed by atoms with Crippen molar-refractivity contribution < 1.29 is 4.79 Å². The van der Waals surface area contributed by atoms with Crippen LogP contribution in [-0.2, 0) is 0 Å². The first-order valence-electron chi connectivity index (χ1n) is 6.94. The van der Waals surface area contributed by atoms with E-state index in [1.165, 1.54) is 19.3 Å². The lowest BCUT2D eigenvalue weighted by Gasteiger charge is -2.34. The van der Waals surface area contributed by atoms with Crippen LogP contribution in [0.25, 0.3) is 0 Å². The molecule has 1 amide bonds. The topological polar surface area (TPSA) is 67.2 Å². The molecule has 1 aliphatic rings. The molecule has 1 aromatic rings. The summed E-state index contributed by atoms with van der Waals surface area (Å²) in [5.41, 5.74) is 5.09. The van der Waals surface area contributed by atoms with Crippen molar-refractivity contribution >= 4 is 11.6 Å². The first-order valence-corrected chi connectivity index (χ1v) is 6.94. The van der Waals surface area contributed by atoms with Crippen molar-refractivity contribution in [2.75, 3.05) is 5.43 Å². The van der Waals surface area contributed by atoms with E-state index in [2.05, 4.69) is 17.7 Å². The quantitative estimate of drug-likeness (QED) is 0.579. The minimum Gasteiger partial charge on any atom is -0.347 e. The minimum absolute atomic E-state index is 0.0103. The van der Waals surface area contributed by atoms with E-state index in [4.69, 9.17) is 5.84 Å². The Balaban J connectivity index is 2.09. The lowest BCUT2D eigenvalue weighted by Crippen LogP contribution is -2.47. The van der Waals surface area contributed by atoms with Crippen molar-refractivity contribution in [3.63, 3.8) is 0 Å². The molecule has 0 aromatic heterocycles. The van der Waals surface area contributed by atoms with E-state index in [1.807, 2.05) is 25.1 Å². The maximum absolute atomic E-state index is 12.3. The second-order valence-electron chi connectivity index (χ2n) is 5.75. The van der Waals surface area contributed by atoms with Crippen LogP contribution in [0.1, 0.15) is 54.9 Å². The van der Waals surface area contributed by atoms with Gasteiger partial charge in [-0.05, 0) is 50.5 Å². The van der Waals surface area contributed by atoms with E-state index in [0.29, 0.717) is 5.56 Å². The van der Waals surface area contributed by atoms with Crippen molar-refractivity contribution in [2.45, 2.75) is 51.5 Å². The molecule has 0 heterocycles. The smallest absolute Gasteiger partial charge is 0.251 e. The Kier molecular flexibility index (Phi) is 4.10. The number of carbonyl (C=O) groups excluding carboxylic acids is 1. The van der Waals surface area contributed by atoms with E-state index in [-0.39, 0.29) is 11.4 Å². The number of hydrogen-bond donors (Lipinski definition) is 3. The van der Waals surface area contributed by atoms with Gasteiger partial charge in [-0.25, -0.2) is 0 Å². The van der Waals surface area contributed by atoms with Crippen molar-refractivity contribution in [3.05, 3.63) is 29.3 Å². The zero-order valence-electron chi connectivity index (χ0n) is 11.8. The molecule has 4 N–H and O–H groups in total.